The molecule has 27 heavy (non-hydrogen) atoms. The molecule has 0 unspecified atom stereocenters. The Kier molecular flexibility index (Phi) is 5.81. The van der Waals surface area contributed by atoms with E-state index in [9.17, 15) is 35.2 Å². The minimum Gasteiger partial charge on any atom is -0.289 e. The lowest BCUT2D eigenvalue weighted by atomic mass is 10.1. The van der Waals surface area contributed by atoms with Crippen LogP contribution in [0.4, 0.5) is 22.0 Å². The molecule has 0 aliphatic carbocycles. The zero-order valence-electron chi connectivity index (χ0n) is 13.9. The Morgan fingerprint density at radius 3 is 1.74 bits per heavy atom. The van der Waals surface area contributed by atoms with Crippen molar-refractivity contribution in [3.05, 3.63) is 70.6 Å². The van der Waals surface area contributed by atoms with E-state index in [2.05, 4.69) is 0 Å². The molecule has 144 valence electrons. The lowest BCUT2D eigenvalue weighted by molar-refractivity contribution is 0.104. The normalized spacial score (nSPS) is 12.1. The van der Waals surface area contributed by atoms with E-state index in [0.29, 0.717) is 12.2 Å². The van der Waals surface area contributed by atoms with Crippen LogP contribution in [0.5, 0.6) is 0 Å². The summed E-state index contributed by atoms with van der Waals surface area (Å²) in [5.41, 5.74) is -1.31. The number of hydrogen-bond acceptors (Lipinski definition) is 3. The zero-order valence-corrected chi connectivity index (χ0v) is 14.8. The molecule has 0 radical (unpaired) electrons. The van der Waals surface area contributed by atoms with Gasteiger partial charge in [0.2, 0.25) is 15.8 Å². The summed E-state index contributed by atoms with van der Waals surface area (Å²) in [6, 6.07) is 4.60. The van der Waals surface area contributed by atoms with Gasteiger partial charge < -0.3 is 0 Å². The number of rotatable bonds is 5. The molecular weight excluding hydrogens is 393 g/mol. The molecule has 0 amide bonds. The first kappa shape index (κ1) is 20.7. The van der Waals surface area contributed by atoms with Gasteiger partial charge in [-0.05, 0) is 36.4 Å². The largest absolute Gasteiger partial charge is 0.289 e. The zero-order chi connectivity index (χ0) is 20.5. The summed E-state index contributed by atoms with van der Waals surface area (Å²) in [4.78, 5) is 11.9. The number of benzene rings is 2. The Balaban J connectivity index is 2.34. The Bertz CT molecular complexity index is 1000. The van der Waals surface area contributed by atoms with Crippen molar-refractivity contribution in [1.82, 2.24) is 4.31 Å². The second-order valence-electron chi connectivity index (χ2n) is 5.49. The summed E-state index contributed by atoms with van der Waals surface area (Å²) < 4.78 is 91.2. The van der Waals surface area contributed by atoms with Crippen LogP contribution in [0.25, 0.3) is 6.08 Å². The van der Waals surface area contributed by atoms with Crippen LogP contribution in [0.15, 0.2) is 35.2 Å². The molecule has 0 spiro atoms. The van der Waals surface area contributed by atoms with Crippen molar-refractivity contribution in [2.45, 2.75) is 4.90 Å². The molecule has 4 nitrogen and oxygen atoms in total. The third kappa shape index (κ3) is 3.91. The van der Waals surface area contributed by atoms with Crippen molar-refractivity contribution in [2.24, 2.45) is 0 Å². The molecule has 0 aliphatic rings. The predicted octanol–water partition coefficient (Wildman–Crippen LogP) is 3.53. The van der Waals surface area contributed by atoms with E-state index in [1.807, 2.05) is 0 Å². The van der Waals surface area contributed by atoms with E-state index < -0.39 is 50.5 Å². The summed E-state index contributed by atoms with van der Waals surface area (Å²) in [5.74, 6) is -11.5. The number of nitrogens with zero attached hydrogens (tertiary/aromatic N) is 1. The van der Waals surface area contributed by atoms with Gasteiger partial charge in [0.05, 0.1) is 10.5 Å². The highest BCUT2D eigenvalue weighted by Gasteiger charge is 2.24. The van der Waals surface area contributed by atoms with Gasteiger partial charge in [-0.15, -0.1) is 0 Å². The van der Waals surface area contributed by atoms with Crippen molar-refractivity contribution < 1.29 is 35.2 Å². The summed E-state index contributed by atoms with van der Waals surface area (Å²) in [5, 5.41) is 0. The molecule has 10 heteroatoms. The lowest BCUT2D eigenvalue weighted by Gasteiger charge is -2.11. The van der Waals surface area contributed by atoms with Crippen molar-refractivity contribution in [2.75, 3.05) is 14.1 Å². The van der Waals surface area contributed by atoms with Gasteiger partial charge in [-0.2, -0.15) is 0 Å². The average Bonchev–Trinajstić information content (AvgIpc) is 2.64. The van der Waals surface area contributed by atoms with E-state index in [-0.39, 0.29) is 10.5 Å². The van der Waals surface area contributed by atoms with Gasteiger partial charge in [-0.1, -0.05) is 0 Å². The highest BCUT2D eigenvalue weighted by atomic mass is 32.2. The number of sulfonamides is 1. The highest BCUT2D eigenvalue weighted by molar-refractivity contribution is 7.89. The molecule has 0 aliphatic heterocycles. The minimum atomic E-state index is -3.71. The monoisotopic (exact) mass is 405 g/mol. The first-order valence-electron chi connectivity index (χ1n) is 7.25. The summed E-state index contributed by atoms with van der Waals surface area (Å²) in [6.07, 6.45) is 1.08. The fourth-order valence-electron chi connectivity index (χ4n) is 2.03. The van der Waals surface area contributed by atoms with Gasteiger partial charge in [0.1, 0.15) is 0 Å². The molecule has 0 fully saturated rings. The second kappa shape index (κ2) is 7.57. The first-order chi connectivity index (χ1) is 12.5. The number of halogens is 5. The maximum Gasteiger partial charge on any atom is 0.242 e. The van der Waals surface area contributed by atoms with Gasteiger partial charge in [-0.25, -0.2) is 34.7 Å². The van der Waals surface area contributed by atoms with E-state index in [1.54, 1.807) is 0 Å². The number of allylic oxidation sites excluding steroid dienone is 1. The highest BCUT2D eigenvalue weighted by Crippen LogP contribution is 2.24. The van der Waals surface area contributed by atoms with Gasteiger partial charge in [0.15, 0.2) is 29.1 Å². The van der Waals surface area contributed by atoms with E-state index >= 15 is 0 Å². The van der Waals surface area contributed by atoms with Crippen molar-refractivity contribution >= 4 is 21.9 Å². The van der Waals surface area contributed by atoms with Crippen LogP contribution in [0.3, 0.4) is 0 Å². The quantitative estimate of drug-likeness (QED) is 0.252. The third-order valence-corrected chi connectivity index (χ3v) is 5.39. The summed E-state index contributed by atoms with van der Waals surface area (Å²) in [6.45, 7) is 0. The number of carbonyl (C=O) groups is 1. The second-order valence-corrected chi connectivity index (χ2v) is 7.64. The van der Waals surface area contributed by atoms with Crippen molar-refractivity contribution in [3.8, 4) is 0 Å². The fourth-order valence-corrected chi connectivity index (χ4v) is 2.93. The maximum atomic E-state index is 13.6. The smallest absolute Gasteiger partial charge is 0.242 e. The van der Waals surface area contributed by atoms with Crippen LogP contribution in [0.2, 0.25) is 0 Å². The minimum absolute atomic E-state index is 0.0483. The molecule has 0 heterocycles. The Labute approximate surface area is 151 Å². The maximum absolute atomic E-state index is 13.6. The molecule has 2 aromatic carbocycles. The Morgan fingerprint density at radius 1 is 0.852 bits per heavy atom. The average molecular weight is 405 g/mol. The van der Waals surface area contributed by atoms with E-state index in [4.69, 9.17) is 0 Å². The van der Waals surface area contributed by atoms with Crippen molar-refractivity contribution in [3.63, 3.8) is 0 Å². The molecule has 2 aromatic rings. The number of hydrogen-bond donors (Lipinski definition) is 0. The summed E-state index contributed by atoms with van der Waals surface area (Å²) in [7, 11) is -1.07. The molecule has 0 aromatic heterocycles. The number of ketones is 1. The van der Waals surface area contributed by atoms with Gasteiger partial charge in [0.25, 0.3) is 0 Å². The summed E-state index contributed by atoms with van der Waals surface area (Å²) >= 11 is 0. The molecule has 0 bridgehead atoms. The molecule has 0 saturated heterocycles. The predicted molar refractivity (Wildman–Crippen MR) is 86.9 cm³/mol. The fraction of sp³-hybridized carbons (Fsp3) is 0.118. The van der Waals surface area contributed by atoms with Crippen LogP contribution in [0, 0.1) is 29.1 Å². The molecule has 2 rings (SSSR count). The molecule has 0 N–H and O–H groups in total. The van der Waals surface area contributed by atoms with Crippen LogP contribution in [-0.2, 0) is 10.0 Å². The van der Waals surface area contributed by atoms with Gasteiger partial charge in [-0.3, -0.25) is 4.79 Å². The Hall–Kier alpha value is -2.59. The lowest BCUT2D eigenvalue weighted by Crippen LogP contribution is -2.22. The topological polar surface area (TPSA) is 54.5 Å². The number of carbonyl (C=O) groups excluding carboxylic acids is 1. The first-order valence-corrected chi connectivity index (χ1v) is 8.69. The molecule has 0 saturated carbocycles. The van der Waals surface area contributed by atoms with E-state index in [1.165, 1.54) is 14.1 Å². The van der Waals surface area contributed by atoms with E-state index in [0.717, 1.165) is 28.6 Å². The third-order valence-electron chi connectivity index (χ3n) is 3.56. The van der Waals surface area contributed by atoms with Gasteiger partial charge in [0, 0.05) is 19.7 Å². The van der Waals surface area contributed by atoms with Crippen molar-refractivity contribution in [1.29, 1.82) is 0 Å². The Morgan fingerprint density at radius 2 is 1.30 bits per heavy atom. The van der Waals surface area contributed by atoms with Crippen LogP contribution < -0.4 is 0 Å². The van der Waals surface area contributed by atoms with Crippen LogP contribution in [-0.4, -0.2) is 32.6 Å². The van der Waals surface area contributed by atoms with Crippen LogP contribution >= 0.6 is 0 Å². The molecular formula is C17H12F5NO3S. The SMILES string of the molecule is CN(C)S(=O)(=O)c1ccc(C(=O)/C=C/c2c(F)c(F)c(F)c(F)c2F)cc1. The molecule has 0 atom stereocenters. The standard InChI is InChI=1S/C17H12F5NO3S/c1-23(2)27(25,26)10-5-3-9(4-6-10)12(24)8-7-11-13(18)15(20)17(22)16(21)14(11)19/h3-8H,1-2H3/b8-7+. The van der Waals surface area contributed by atoms with Gasteiger partial charge >= 0.3 is 0 Å². The van der Waals surface area contributed by atoms with Crippen LogP contribution in [0.1, 0.15) is 15.9 Å².